The number of hydrogen-bond donors (Lipinski definition) is 0. The number of unbranched alkanes of at least 4 members (excludes halogenated alkanes) is 5. The number of ether oxygens (including phenoxy) is 3. The van der Waals surface area contributed by atoms with Crippen LogP contribution in [0.3, 0.4) is 0 Å². The fraction of sp³-hybridized carbons (Fsp3) is 0.518. The molecule has 0 aromatic heterocycles. The van der Waals surface area contributed by atoms with Crippen molar-refractivity contribution in [2.45, 2.75) is 175 Å². The minimum absolute atomic E-state index is 0.153. The van der Waals surface area contributed by atoms with Gasteiger partial charge in [0, 0.05) is 19.3 Å². The van der Waals surface area contributed by atoms with Gasteiger partial charge >= 0.3 is 17.9 Å². The van der Waals surface area contributed by atoms with Crippen molar-refractivity contribution >= 4 is 17.9 Å². The minimum Gasteiger partial charge on any atom is -0.462 e. The van der Waals surface area contributed by atoms with E-state index >= 15 is 0 Å². The molecule has 0 radical (unpaired) electrons. The van der Waals surface area contributed by atoms with Crippen LogP contribution in [0.2, 0.25) is 0 Å². The Bertz CT molecular complexity index is 1440. The minimum atomic E-state index is -0.863. The third kappa shape index (κ3) is 46.4. The normalized spacial score (nSPS) is 13.4. The summed E-state index contributed by atoms with van der Waals surface area (Å²) in [6.07, 6.45) is 70.1. The summed E-state index contributed by atoms with van der Waals surface area (Å²) < 4.78 is 16.5. The first-order chi connectivity index (χ1) is 30.5. The van der Waals surface area contributed by atoms with Crippen LogP contribution in [-0.4, -0.2) is 37.2 Å². The van der Waals surface area contributed by atoms with Gasteiger partial charge in [0.15, 0.2) is 6.10 Å². The molecule has 344 valence electrons. The second-order valence-electron chi connectivity index (χ2n) is 14.9. The number of hydrogen-bond acceptors (Lipinski definition) is 6. The molecule has 0 aliphatic heterocycles. The van der Waals surface area contributed by atoms with Gasteiger partial charge < -0.3 is 14.2 Å². The molecule has 0 fully saturated rings. The van der Waals surface area contributed by atoms with E-state index in [9.17, 15) is 14.4 Å². The number of rotatable bonds is 40. The van der Waals surface area contributed by atoms with Gasteiger partial charge in [-0.05, 0) is 109 Å². The SMILES string of the molecule is CC/C=C\C/C=C\C/C=C\C/C=C\C/C=C\C/C=C\CCC(=O)OCC(COC(=O)CCC/C=C\CCCCCC)OC(=O)CC/C=C\C/C=C\C/C=C\C/C=C\C/C=C\CC. The average molecular weight is 853 g/mol. The molecule has 0 spiro atoms. The second-order valence-corrected chi connectivity index (χ2v) is 14.9. The van der Waals surface area contributed by atoms with Gasteiger partial charge in [-0.1, -0.05) is 186 Å². The van der Waals surface area contributed by atoms with Crippen LogP contribution >= 0.6 is 0 Å². The summed E-state index contributed by atoms with van der Waals surface area (Å²) in [5.41, 5.74) is 0. The Morgan fingerprint density at radius 2 is 0.661 bits per heavy atom. The van der Waals surface area contributed by atoms with Gasteiger partial charge in [-0.15, -0.1) is 0 Å². The molecule has 6 heteroatoms. The highest BCUT2D eigenvalue weighted by Gasteiger charge is 2.19. The van der Waals surface area contributed by atoms with E-state index in [2.05, 4.69) is 142 Å². The Hall–Kier alpha value is -4.71. The van der Waals surface area contributed by atoms with E-state index in [1.807, 2.05) is 24.3 Å². The van der Waals surface area contributed by atoms with Gasteiger partial charge in [0.2, 0.25) is 0 Å². The second kappa shape index (κ2) is 49.0. The van der Waals surface area contributed by atoms with E-state index in [1.54, 1.807) is 0 Å². The third-order valence-electron chi connectivity index (χ3n) is 9.09. The van der Waals surface area contributed by atoms with Gasteiger partial charge in [-0.25, -0.2) is 0 Å². The fourth-order valence-electron chi connectivity index (χ4n) is 5.58. The molecule has 0 aromatic rings. The lowest BCUT2D eigenvalue weighted by atomic mass is 10.1. The van der Waals surface area contributed by atoms with E-state index in [1.165, 1.54) is 25.7 Å². The highest BCUT2D eigenvalue weighted by atomic mass is 16.6. The molecule has 0 aromatic carbocycles. The number of carbonyl (C=O) groups is 3. The monoisotopic (exact) mass is 853 g/mol. The van der Waals surface area contributed by atoms with Crippen molar-refractivity contribution in [2.75, 3.05) is 13.2 Å². The smallest absolute Gasteiger partial charge is 0.306 e. The Balaban J connectivity index is 4.63. The summed E-state index contributed by atoms with van der Waals surface area (Å²) in [6.45, 7) is 6.18. The van der Waals surface area contributed by atoms with Crippen LogP contribution in [-0.2, 0) is 28.6 Å². The van der Waals surface area contributed by atoms with Crippen LogP contribution in [0.25, 0.3) is 0 Å². The van der Waals surface area contributed by atoms with Crippen molar-refractivity contribution in [3.8, 4) is 0 Å². The van der Waals surface area contributed by atoms with Crippen molar-refractivity contribution in [3.05, 3.63) is 146 Å². The lowest BCUT2D eigenvalue weighted by Gasteiger charge is -2.18. The lowest BCUT2D eigenvalue weighted by molar-refractivity contribution is -0.166. The number of esters is 3. The quantitative estimate of drug-likeness (QED) is 0.0264. The topological polar surface area (TPSA) is 78.9 Å². The Labute approximate surface area is 378 Å². The molecule has 62 heavy (non-hydrogen) atoms. The summed E-state index contributed by atoms with van der Waals surface area (Å²) in [7, 11) is 0. The van der Waals surface area contributed by atoms with E-state index in [4.69, 9.17) is 14.2 Å². The summed E-state index contributed by atoms with van der Waals surface area (Å²) in [6, 6.07) is 0. The molecule has 0 N–H and O–H groups in total. The average Bonchev–Trinajstić information content (AvgIpc) is 3.27. The first-order valence-electron chi connectivity index (χ1n) is 23.8. The number of allylic oxidation sites excluding steroid dienone is 24. The van der Waals surface area contributed by atoms with E-state index in [0.29, 0.717) is 19.3 Å². The predicted molar refractivity (Wildman–Crippen MR) is 265 cm³/mol. The van der Waals surface area contributed by atoms with Crippen LogP contribution in [0, 0.1) is 0 Å². The van der Waals surface area contributed by atoms with E-state index < -0.39 is 18.0 Å². The van der Waals surface area contributed by atoms with Crippen molar-refractivity contribution in [1.82, 2.24) is 0 Å². The first-order valence-corrected chi connectivity index (χ1v) is 23.8. The third-order valence-corrected chi connectivity index (χ3v) is 9.09. The van der Waals surface area contributed by atoms with Crippen molar-refractivity contribution < 1.29 is 28.6 Å². The Morgan fingerprint density at radius 1 is 0.339 bits per heavy atom. The lowest BCUT2D eigenvalue weighted by Crippen LogP contribution is -2.30. The first kappa shape index (κ1) is 57.3. The van der Waals surface area contributed by atoms with Crippen LogP contribution in [0.4, 0.5) is 0 Å². The molecule has 0 heterocycles. The number of carbonyl (C=O) groups excluding carboxylic acids is 3. The maximum absolute atomic E-state index is 12.7. The van der Waals surface area contributed by atoms with Crippen LogP contribution < -0.4 is 0 Å². The molecular formula is C56H84O6. The summed E-state index contributed by atoms with van der Waals surface area (Å²) in [5.74, 6) is -1.17. The molecule has 6 nitrogen and oxygen atoms in total. The Kier molecular flexibility index (Phi) is 45.2. The summed E-state index contributed by atoms with van der Waals surface area (Å²) in [4.78, 5) is 37.7. The van der Waals surface area contributed by atoms with Gasteiger partial charge in [-0.3, -0.25) is 14.4 Å². The van der Waals surface area contributed by atoms with Gasteiger partial charge in [-0.2, -0.15) is 0 Å². The van der Waals surface area contributed by atoms with Crippen molar-refractivity contribution in [1.29, 1.82) is 0 Å². The molecule has 0 aliphatic rings. The summed E-state index contributed by atoms with van der Waals surface area (Å²) >= 11 is 0. The zero-order valence-corrected chi connectivity index (χ0v) is 39.1. The summed E-state index contributed by atoms with van der Waals surface area (Å²) in [5, 5.41) is 0. The van der Waals surface area contributed by atoms with Crippen LogP contribution in [0.15, 0.2) is 146 Å². The van der Waals surface area contributed by atoms with Gasteiger partial charge in [0.05, 0.1) is 0 Å². The van der Waals surface area contributed by atoms with Gasteiger partial charge in [0.1, 0.15) is 13.2 Å². The Morgan fingerprint density at radius 3 is 1.05 bits per heavy atom. The molecule has 0 saturated carbocycles. The zero-order chi connectivity index (χ0) is 45.1. The maximum Gasteiger partial charge on any atom is 0.306 e. The largest absolute Gasteiger partial charge is 0.462 e. The molecule has 1 atom stereocenters. The molecule has 0 amide bonds. The van der Waals surface area contributed by atoms with Crippen LogP contribution in [0.5, 0.6) is 0 Å². The predicted octanol–water partition coefficient (Wildman–Crippen LogP) is 15.7. The zero-order valence-electron chi connectivity index (χ0n) is 39.1. The molecule has 0 rings (SSSR count). The molecular weight excluding hydrogens is 769 g/mol. The molecule has 0 saturated heterocycles. The van der Waals surface area contributed by atoms with Crippen molar-refractivity contribution in [3.63, 3.8) is 0 Å². The van der Waals surface area contributed by atoms with Gasteiger partial charge in [0.25, 0.3) is 0 Å². The van der Waals surface area contributed by atoms with Crippen LogP contribution in [0.1, 0.15) is 168 Å². The maximum atomic E-state index is 12.7. The van der Waals surface area contributed by atoms with E-state index in [-0.39, 0.29) is 38.4 Å². The van der Waals surface area contributed by atoms with Crippen molar-refractivity contribution in [2.24, 2.45) is 0 Å². The fourth-order valence-corrected chi connectivity index (χ4v) is 5.58. The highest BCUT2D eigenvalue weighted by Crippen LogP contribution is 2.08. The highest BCUT2D eigenvalue weighted by molar-refractivity contribution is 5.71. The van der Waals surface area contributed by atoms with E-state index in [0.717, 1.165) is 83.5 Å². The molecule has 1 unspecified atom stereocenters. The molecule has 0 bridgehead atoms. The molecule has 0 aliphatic carbocycles. The standard InChI is InChI=1S/C56H84O6/c1-4-7-10-13-16-19-21-23-25-27-28-29-31-32-34-37-40-43-46-49-55(58)61-52-53(51-60-54(57)48-45-42-39-36-18-15-12-9-6-3)62-56(59)50-47-44-41-38-35-33-30-26-24-22-20-17-14-11-8-5-2/h7-8,10-11,16-17,19-20,23-26,28-29,32-36,39-41,43-44,53H,4-6,9,12-15,18,21-22,27,30-31,37-38,42,45-52H2,1-3H3/b10-7-,11-8-,19-16-,20-17-,25-23-,26-24-,29-28-,34-32-,35-33-,39-36-,43-40-,44-41-.